The number of imidazole rings is 1. The third kappa shape index (κ3) is 3.32. The molecule has 3 aromatic rings. The molecule has 3 aromatic heterocycles. The zero-order chi connectivity index (χ0) is 19.7. The highest BCUT2D eigenvalue weighted by Crippen LogP contribution is 2.34. The van der Waals surface area contributed by atoms with Crippen molar-refractivity contribution in [3.63, 3.8) is 0 Å². The minimum atomic E-state index is -0.245. The molecule has 0 spiro atoms. The molecule has 1 atom stereocenters. The van der Waals surface area contributed by atoms with Crippen LogP contribution in [0, 0.1) is 5.92 Å². The number of rotatable bonds is 5. The van der Waals surface area contributed by atoms with Crippen LogP contribution in [0.15, 0.2) is 36.9 Å². The van der Waals surface area contributed by atoms with Crippen molar-refractivity contribution in [1.29, 1.82) is 0 Å². The molecule has 0 aliphatic carbocycles. The number of pyridine rings is 1. The number of hydrogen-bond donors (Lipinski definition) is 1. The largest absolute Gasteiger partial charge is 0.348 e. The van der Waals surface area contributed by atoms with Crippen LogP contribution in [-0.2, 0) is 19.4 Å². The molecule has 0 bridgehead atoms. The van der Waals surface area contributed by atoms with Gasteiger partial charge < -0.3 is 9.88 Å². The molecule has 0 fully saturated rings. The number of fused-ring (bicyclic) bond motifs is 1. The SMILES string of the molecule is CCn1nc(CC(C)C)cc1C(=O)N1CCc2[nH]cnc2C1c1cccnc1. The Hall–Kier alpha value is -2.96. The highest BCUT2D eigenvalue weighted by atomic mass is 16.2. The Balaban J connectivity index is 1.73. The zero-order valence-corrected chi connectivity index (χ0v) is 16.6. The molecular formula is C21H26N6O. The normalized spacial score (nSPS) is 16.4. The van der Waals surface area contributed by atoms with Crippen molar-refractivity contribution in [3.05, 3.63) is 65.3 Å². The van der Waals surface area contributed by atoms with Crippen LogP contribution in [0.3, 0.4) is 0 Å². The third-order valence-electron chi connectivity index (χ3n) is 5.15. The van der Waals surface area contributed by atoms with Crippen LogP contribution in [0.1, 0.15) is 59.9 Å². The van der Waals surface area contributed by atoms with E-state index in [9.17, 15) is 4.79 Å². The van der Waals surface area contributed by atoms with Crippen molar-refractivity contribution in [2.75, 3.05) is 6.54 Å². The van der Waals surface area contributed by atoms with Gasteiger partial charge in [-0.2, -0.15) is 5.10 Å². The lowest BCUT2D eigenvalue weighted by Crippen LogP contribution is -2.41. The van der Waals surface area contributed by atoms with Crippen LogP contribution >= 0.6 is 0 Å². The summed E-state index contributed by atoms with van der Waals surface area (Å²) in [4.78, 5) is 27.5. The number of aromatic amines is 1. The van der Waals surface area contributed by atoms with Crippen LogP contribution in [-0.4, -0.2) is 42.1 Å². The fourth-order valence-corrected chi connectivity index (χ4v) is 3.92. The maximum absolute atomic E-state index is 13.6. The second-order valence-corrected chi connectivity index (χ2v) is 7.64. The van der Waals surface area contributed by atoms with E-state index in [2.05, 4.69) is 33.9 Å². The molecule has 1 aliphatic heterocycles. The predicted octanol–water partition coefficient (Wildman–Crippen LogP) is 3.01. The zero-order valence-electron chi connectivity index (χ0n) is 16.6. The van der Waals surface area contributed by atoms with Crippen molar-refractivity contribution < 1.29 is 4.79 Å². The van der Waals surface area contributed by atoms with Gasteiger partial charge in [-0.1, -0.05) is 19.9 Å². The number of nitrogens with one attached hydrogen (secondary N) is 1. The lowest BCUT2D eigenvalue weighted by Gasteiger charge is -2.35. The third-order valence-corrected chi connectivity index (χ3v) is 5.15. The molecule has 1 unspecified atom stereocenters. The van der Waals surface area contributed by atoms with Crippen molar-refractivity contribution in [2.45, 2.75) is 46.2 Å². The first-order valence-electron chi connectivity index (χ1n) is 9.88. The quantitative estimate of drug-likeness (QED) is 0.740. The summed E-state index contributed by atoms with van der Waals surface area (Å²) in [5, 5.41) is 4.65. The van der Waals surface area contributed by atoms with Crippen LogP contribution in [0.5, 0.6) is 0 Å². The van der Waals surface area contributed by atoms with Gasteiger partial charge >= 0.3 is 0 Å². The lowest BCUT2D eigenvalue weighted by molar-refractivity contribution is 0.0677. The Labute approximate surface area is 164 Å². The van der Waals surface area contributed by atoms with E-state index in [0.717, 1.165) is 35.5 Å². The smallest absolute Gasteiger partial charge is 0.272 e. The second kappa shape index (κ2) is 7.58. The van der Waals surface area contributed by atoms with Gasteiger partial charge in [-0.15, -0.1) is 0 Å². The number of H-pyrrole nitrogens is 1. The number of carbonyl (C=O) groups is 1. The molecule has 146 valence electrons. The van der Waals surface area contributed by atoms with E-state index in [1.54, 1.807) is 12.5 Å². The molecule has 4 rings (SSSR count). The molecule has 0 radical (unpaired) electrons. The molecule has 0 aromatic carbocycles. The van der Waals surface area contributed by atoms with E-state index in [-0.39, 0.29) is 11.9 Å². The van der Waals surface area contributed by atoms with Crippen molar-refractivity contribution in [3.8, 4) is 0 Å². The van der Waals surface area contributed by atoms with E-state index >= 15 is 0 Å². The van der Waals surface area contributed by atoms with E-state index < -0.39 is 0 Å². The number of nitrogens with zero attached hydrogens (tertiary/aromatic N) is 5. The van der Waals surface area contributed by atoms with Crippen LogP contribution in [0.2, 0.25) is 0 Å². The minimum Gasteiger partial charge on any atom is -0.348 e. The highest BCUT2D eigenvalue weighted by Gasteiger charge is 2.35. The van der Waals surface area contributed by atoms with Gasteiger partial charge in [0, 0.05) is 37.6 Å². The number of aryl methyl sites for hydroxylation is 1. The van der Waals surface area contributed by atoms with Crippen LogP contribution in [0.4, 0.5) is 0 Å². The topological polar surface area (TPSA) is 79.7 Å². The average Bonchev–Trinajstić information content (AvgIpc) is 3.33. The Kier molecular flexibility index (Phi) is 4.98. The van der Waals surface area contributed by atoms with Crippen molar-refractivity contribution in [2.24, 2.45) is 5.92 Å². The summed E-state index contributed by atoms with van der Waals surface area (Å²) in [5.74, 6) is 0.486. The fourth-order valence-electron chi connectivity index (χ4n) is 3.92. The summed E-state index contributed by atoms with van der Waals surface area (Å²) in [6.07, 6.45) is 6.89. The number of hydrogen-bond acceptors (Lipinski definition) is 4. The van der Waals surface area contributed by atoms with E-state index in [0.29, 0.717) is 24.7 Å². The van der Waals surface area contributed by atoms with Gasteiger partial charge in [-0.25, -0.2) is 4.98 Å². The summed E-state index contributed by atoms with van der Waals surface area (Å²) in [6, 6.07) is 5.61. The van der Waals surface area contributed by atoms with Gasteiger partial charge in [-0.05, 0) is 37.0 Å². The average molecular weight is 378 g/mol. The summed E-state index contributed by atoms with van der Waals surface area (Å²) in [7, 11) is 0. The molecule has 1 amide bonds. The molecule has 0 saturated heterocycles. The number of carbonyl (C=O) groups excluding carboxylic acids is 1. The van der Waals surface area contributed by atoms with E-state index in [1.807, 2.05) is 40.9 Å². The summed E-state index contributed by atoms with van der Waals surface area (Å²) in [6.45, 7) is 7.63. The first-order valence-corrected chi connectivity index (χ1v) is 9.88. The Morgan fingerprint density at radius 3 is 2.96 bits per heavy atom. The molecule has 4 heterocycles. The number of aromatic nitrogens is 5. The Morgan fingerprint density at radius 2 is 2.25 bits per heavy atom. The monoisotopic (exact) mass is 378 g/mol. The first kappa shape index (κ1) is 18.4. The van der Waals surface area contributed by atoms with Gasteiger partial charge in [0.05, 0.1) is 17.7 Å². The first-order chi connectivity index (χ1) is 13.6. The summed E-state index contributed by atoms with van der Waals surface area (Å²) < 4.78 is 1.82. The summed E-state index contributed by atoms with van der Waals surface area (Å²) >= 11 is 0. The molecule has 0 saturated carbocycles. The van der Waals surface area contributed by atoms with E-state index in [1.165, 1.54) is 0 Å². The molecular weight excluding hydrogens is 352 g/mol. The van der Waals surface area contributed by atoms with Gasteiger partial charge in [0.1, 0.15) is 11.7 Å². The molecule has 28 heavy (non-hydrogen) atoms. The van der Waals surface area contributed by atoms with Crippen molar-refractivity contribution in [1.82, 2.24) is 29.6 Å². The molecule has 7 nitrogen and oxygen atoms in total. The fraction of sp³-hybridized carbons (Fsp3) is 0.429. The molecule has 7 heteroatoms. The van der Waals surface area contributed by atoms with Crippen LogP contribution in [0.25, 0.3) is 0 Å². The maximum Gasteiger partial charge on any atom is 0.272 e. The van der Waals surface area contributed by atoms with Crippen LogP contribution < -0.4 is 0 Å². The van der Waals surface area contributed by atoms with Gasteiger partial charge in [-0.3, -0.25) is 14.5 Å². The predicted molar refractivity (Wildman–Crippen MR) is 106 cm³/mol. The standard InChI is InChI=1S/C21H26N6O/c1-4-27-18(11-16(25-27)10-14(2)3)21(28)26-9-7-17-19(24-13-23-17)20(26)15-6-5-8-22-12-15/h5-6,8,11-14,20H,4,7,9-10H2,1-3H3,(H,23,24). The Bertz CT molecular complexity index is 958. The van der Waals surface area contributed by atoms with Crippen molar-refractivity contribution >= 4 is 5.91 Å². The number of amides is 1. The molecule has 1 N–H and O–H groups in total. The van der Waals surface area contributed by atoms with Gasteiger partial charge in [0.15, 0.2) is 0 Å². The highest BCUT2D eigenvalue weighted by molar-refractivity contribution is 5.93. The minimum absolute atomic E-state index is 0.00754. The molecule has 1 aliphatic rings. The summed E-state index contributed by atoms with van der Waals surface area (Å²) in [5.41, 5.74) is 4.57. The van der Waals surface area contributed by atoms with Gasteiger partial charge in [0.25, 0.3) is 5.91 Å². The lowest BCUT2D eigenvalue weighted by atomic mass is 9.96. The maximum atomic E-state index is 13.6. The second-order valence-electron chi connectivity index (χ2n) is 7.64. The Morgan fingerprint density at radius 1 is 1.39 bits per heavy atom. The van der Waals surface area contributed by atoms with Gasteiger partial charge in [0.2, 0.25) is 0 Å². The van der Waals surface area contributed by atoms with E-state index in [4.69, 9.17) is 0 Å².